The quantitative estimate of drug-likeness (QED) is 0.337. The second-order valence-corrected chi connectivity index (χ2v) is 12.8. The van der Waals surface area contributed by atoms with Crippen LogP contribution in [0.25, 0.3) is 0 Å². The zero-order chi connectivity index (χ0) is 24.7. The van der Waals surface area contributed by atoms with Crippen LogP contribution in [0.3, 0.4) is 0 Å². The van der Waals surface area contributed by atoms with Crippen molar-refractivity contribution in [3.63, 3.8) is 0 Å². The van der Waals surface area contributed by atoms with Gasteiger partial charge in [-0.3, -0.25) is 19.7 Å². The maximum atomic E-state index is 13.4. The predicted octanol–water partition coefficient (Wildman–Crippen LogP) is 0.0536. The Balaban J connectivity index is 1.52. The molecule has 2 saturated heterocycles. The number of carbonyl (C=O) groups excluding carboxylic acids is 3. The van der Waals surface area contributed by atoms with E-state index in [4.69, 9.17) is 11.5 Å². The number of fused-ring (bicyclic) bond motifs is 1. The van der Waals surface area contributed by atoms with Gasteiger partial charge in [0.15, 0.2) is 0 Å². The Morgan fingerprint density at radius 2 is 1.88 bits per heavy atom. The second kappa shape index (κ2) is 7.39. The summed E-state index contributed by atoms with van der Waals surface area (Å²) in [6.45, 7) is 12.7. The van der Waals surface area contributed by atoms with Gasteiger partial charge in [0.25, 0.3) is 0 Å². The molecule has 4 rings (SSSR count). The van der Waals surface area contributed by atoms with Crippen LogP contribution < -0.4 is 22.1 Å². The molecule has 2 heterocycles. The van der Waals surface area contributed by atoms with E-state index in [1.165, 1.54) is 0 Å². The molecule has 2 aliphatic heterocycles. The van der Waals surface area contributed by atoms with E-state index in [2.05, 4.69) is 31.4 Å². The molecular weight excluding hydrogens is 422 g/mol. The van der Waals surface area contributed by atoms with Gasteiger partial charge in [-0.25, -0.2) is 0 Å². The van der Waals surface area contributed by atoms with Crippen molar-refractivity contribution in [3.8, 4) is 0 Å². The van der Waals surface area contributed by atoms with Gasteiger partial charge in [-0.15, -0.1) is 0 Å². The maximum Gasteiger partial charge on any atom is 0.240 e. The van der Waals surface area contributed by atoms with Gasteiger partial charge in [0.1, 0.15) is 6.23 Å². The minimum atomic E-state index is -1.17. The number of hydrogen-bond donors (Lipinski definition) is 5. The highest BCUT2D eigenvalue weighted by Gasteiger charge is 2.78. The van der Waals surface area contributed by atoms with Crippen molar-refractivity contribution in [2.45, 2.75) is 97.1 Å². The van der Waals surface area contributed by atoms with Gasteiger partial charge < -0.3 is 26.8 Å². The minimum Gasteiger partial charge on any atom is -0.376 e. The summed E-state index contributed by atoms with van der Waals surface area (Å²) in [6, 6.07) is -2.13. The van der Waals surface area contributed by atoms with Crippen LogP contribution in [0.4, 0.5) is 0 Å². The fourth-order valence-electron chi connectivity index (χ4n) is 6.55. The summed E-state index contributed by atoms with van der Waals surface area (Å²) in [4.78, 5) is 39.8. The van der Waals surface area contributed by atoms with Crippen LogP contribution in [0.5, 0.6) is 0 Å². The number of likely N-dealkylation sites (tertiary alicyclic amines) is 1. The topological polar surface area (TPSA) is 151 Å². The lowest BCUT2D eigenvalue weighted by molar-refractivity contribution is -0.142. The molecule has 186 valence electrons. The Morgan fingerprint density at radius 1 is 1.27 bits per heavy atom. The first kappa shape index (κ1) is 24.4. The Morgan fingerprint density at radius 3 is 2.36 bits per heavy atom. The zero-order valence-electron chi connectivity index (χ0n) is 20.8. The van der Waals surface area contributed by atoms with Gasteiger partial charge in [0, 0.05) is 23.4 Å². The van der Waals surface area contributed by atoms with Crippen LogP contribution in [-0.4, -0.2) is 64.2 Å². The van der Waals surface area contributed by atoms with E-state index in [9.17, 15) is 19.5 Å². The van der Waals surface area contributed by atoms with Gasteiger partial charge in [-0.1, -0.05) is 41.5 Å². The van der Waals surface area contributed by atoms with E-state index in [1.807, 2.05) is 20.8 Å². The first-order valence-electron chi connectivity index (χ1n) is 12.2. The van der Waals surface area contributed by atoms with Gasteiger partial charge in [0.05, 0.1) is 18.1 Å². The number of nitrogens with zero attached hydrogens (tertiary/aromatic N) is 1. The highest BCUT2D eigenvalue weighted by molar-refractivity contribution is 5.85. The molecule has 0 aromatic heterocycles. The average molecular weight is 464 g/mol. The van der Waals surface area contributed by atoms with Crippen LogP contribution in [0.2, 0.25) is 0 Å². The lowest BCUT2D eigenvalue weighted by Crippen LogP contribution is -2.62. The van der Waals surface area contributed by atoms with Crippen molar-refractivity contribution in [2.75, 3.05) is 6.54 Å². The Hall–Kier alpha value is -1.71. The summed E-state index contributed by atoms with van der Waals surface area (Å²) in [5.41, 5.74) is 11.1. The molecule has 9 nitrogen and oxygen atoms in total. The summed E-state index contributed by atoms with van der Waals surface area (Å²) < 4.78 is 0. The van der Waals surface area contributed by atoms with E-state index in [0.717, 1.165) is 12.8 Å². The highest BCUT2D eigenvalue weighted by atomic mass is 16.3. The predicted molar refractivity (Wildman–Crippen MR) is 123 cm³/mol. The molecule has 0 bridgehead atoms. The third-order valence-corrected chi connectivity index (χ3v) is 9.50. The third kappa shape index (κ3) is 3.76. The monoisotopic (exact) mass is 463 g/mol. The van der Waals surface area contributed by atoms with E-state index >= 15 is 0 Å². The van der Waals surface area contributed by atoms with E-state index in [1.54, 1.807) is 4.90 Å². The molecule has 2 saturated carbocycles. The van der Waals surface area contributed by atoms with E-state index in [0.29, 0.717) is 13.0 Å². The largest absolute Gasteiger partial charge is 0.376 e. The summed E-state index contributed by atoms with van der Waals surface area (Å²) in [5, 5.41) is 17.4. The fourth-order valence-corrected chi connectivity index (χ4v) is 6.55. The summed E-state index contributed by atoms with van der Waals surface area (Å²) in [7, 11) is 0. The molecule has 2 aliphatic carbocycles. The van der Waals surface area contributed by atoms with Crippen molar-refractivity contribution in [1.82, 2.24) is 15.5 Å². The van der Waals surface area contributed by atoms with Gasteiger partial charge in [-0.2, -0.15) is 0 Å². The number of piperidine rings is 1. The van der Waals surface area contributed by atoms with Crippen molar-refractivity contribution < 1.29 is 19.5 Å². The van der Waals surface area contributed by atoms with Crippen LogP contribution in [0.15, 0.2) is 0 Å². The second-order valence-electron chi connectivity index (χ2n) is 12.8. The van der Waals surface area contributed by atoms with Gasteiger partial charge >= 0.3 is 0 Å². The zero-order valence-corrected chi connectivity index (χ0v) is 20.8. The average Bonchev–Trinajstić information content (AvgIpc) is 3.40. The van der Waals surface area contributed by atoms with Crippen molar-refractivity contribution in [2.24, 2.45) is 39.5 Å². The van der Waals surface area contributed by atoms with Gasteiger partial charge in [0.2, 0.25) is 17.7 Å². The number of amides is 3. The van der Waals surface area contributed by atoms with E-state index in [-0.39, 0.29) is 46.4 Å². The summed E-state index contributed by atoms with van der Waals surface area (Å²) in [5.74, 6) is -0.957. The lowest BCUT2D eigenvalue weighted by Gasteiger charge is -2.41. The smallest absolute Gasteiger partial charge is 0.240 e. The normalized spacial score (nSPS) is 36.2. The molecule has 33 heavy (non-hydrogen) atoms. The van der Waals surface area contributed by atoms with Crippen LogP contribution >= 0.6 is 0 Å². The molecule has 3 amide bonds. The lowest BCUT2D eigenvalue weighted by atomic mass is 9.84. The molecule has 1 spiro atoms. The Kier molecular flexibility index (Phi) is 5.47. The van der Waals surface area contributed by atoms with Crippen LogP contribution in [0.1, 0.15) is 67.2 Å². The standard InChI is InChI=1S/C24H41N5O4/c1-21(2,3)15(25)20(33)29-11-14-22(4,5)23(14,6)16(29)19(32)27-13(17(26)30)9-12-10-24(7-8-24)28-18(12)31/h12-16,19,27,32H,7-11,25H2,1-6H3,(H2,26,30)(H,28,31)/t12-,13+,14-,15-,16-,19?,23?/m1/s1. The fraction of sp³-hybridized carbons (Fsp3) is 0.875. The molecule has 0 radical (unpaired) electrons. The number of rotatable bonds is 7. The van der Waals surface area contributed by atoms with Crippen molar-refractivity contribution >= 4 is 17.7 Å². The maximum absolute atomic E-state index is 13.4. The van der Waals surface area contributed by atoms with Crippen molar-refractivity contribution in [1.29, 1.82) is 0 Å². The SMILES string of the molecule is CC(C)(C)[C@H](N)C(=O)N1C[C@@H]2C(C)(C)C2(C)[C@H]1C(O)N[C@@H](C[C@@H]1CC2(CC2)NC1=O)C(N)=O. The summed E-state index contributed by atoms with van der Waals surface area (Å²) in [6.07, 6.45) is 1.68. The first-order valence-corrected chi connectivity index (χ1v) is 12.2. The number of aliphatic hydroxyl groups is 1. The molecule has 7 atom stereocenters. The number of nitrogens with one attached hydrogen (secondary N) is 2. The highest BCUT2D eigenvalue weighted by Crippen LogP contribution is 2.75. The molecule has 0 aromatic carbocycles. The molecule has 0 aromatic rings. The number of hydrogen-bond acceptors (Lipinski definition) is 6. The van der Waals surface area contributed by atoms with Crippen molar-refractivity contribution in [3.05, 3.63) is 0 Å². The van der Waals surface area contributed by atoms with Crippen LogP contribution in [-0.2, 0) is 14.4 Å². The van der Waals surface area contributed by atoms with Crippen LogP contribution in [0, 0.1) is 28.1 Å². The summed E-state index contributed by atoms with van der Waals surface area (Å²) >= 11 is 0. The number of nitrogens with two attached hydrogens (primary N) is 2. The molecule has 2 unspecified atom stereocenters. The van der Waals surface area contributed by atoms with Gasteiger partial charge in [-0.05, 0) is 42.4 Å². The number of aliphatic hydroxyl groups excluding tert-OH is 1. The first-order chi connectivity index (χ1) is 15.0. The molecular formula is C24H41N5O4. The Labute approximate surface area is 196 Å². The number of primary amides is 1. The molecule has 4 aliphatic rings. The third-order valence-electron chi connectivity index (χ3n) is 9.50. The Bertz CT molecular complexity index is 863. The minimum absolute atomic E-state index is 0.0563. The van der Waals surface area contributed by atoms with E-state index < -0.39 is 35.7 Å². The number of carbonyl (C=O) groups is 3. The molecule has 7 N–H and O–H groups in total. The molecule has 9 heteroatoms. The molecule has 4 fully saturated rings.